The Morgan fingerprint density at radius 3 is 2.95 bits per heavy atom. The largest absolute Gasteiger partial charge is 0.348 e. The zero-order valence-corrected chi connectivity index (χ0v) is 13.4. The molecule has 2 aliphatic rings. The number of hydrogen-bond donors (Lipinski definition) is 2. The van der Waals surface area contributed by atoms with Crippen molar-refractivity contribution in [1.29, 1.82) is 0 Å². The van der Waals surface area contributed by atoms with Crippen LogP contribution >= 0.6 is 24.2 Å². The molecular formula is C15H20ClFN2OS. The molecule has 2 aliphatic heterocycles. The van der Waals surface area contributed by atoms with Crippen LogP contribution in [-0.2, 0) is 4.79 Å². The molecule has 0 aliphatic carbocycles. The summed E-state index contributed by atoms with van der Waals surface area (Å²) in [6.45, 7) is 0.907. The van der Waals surface area contributed by atoms with Gasteiger partial charge in [0.15, 0.2) is 0 Å². The van der Waals surface area contributed by atoms with E-state index in [1.807, 2.05) is 6.07 Å². The van der Waals surface area contributed by atoms with Crippen LogP contribution in [0.5, 0.6) is 0 Å². The van der Waals surface area contributed by atoms with E-state index in [1.54, 1.807) is 6.07 Å². The van der Waals surface area contributed by atoms with Gasteiger partial charge in [0.2, 0.25) is 5.91 Å². The lowest BCUT2D eigenvalue weighted by molar-refractivity contribution is -0.124. The number of carbonyl (C=O) groups is 1. The maximum atomic E-state index is 13.8. The van der Waals surface area contributed by atoms with E-state index in [1.165, 1.54) is 17.8 Å². The van der Waals surface area contributed by atoms with Crippen molar-refractivity contribution in [3.63, 3.8) is 0 Å². The Kier molecular flexibility index (Phi) is 5.90. The van der Waals surface area contributed by atoms with Gasteiger partial charge in [0.05, 0.1) is 12.1 Å². The molecule has 21 heavy (non-hydrogen) atoms. The van der Waals surface area contributed by atoms with Crippen molar-refractivity contribution in [1.82, 2.24) is 10.6 Å². The summed E-state index contributed by atoms with van der Waals surface area (Å²) >= 11 is 1.54. The minimum atomic E-state index is -0.178. The molecular weight excluding hydrogens is 311 g/mol. The fourth-order valence-electron chi connectivity index (χ4n) is 2.88. The number of thioether (sulfide) groups is 1. The maximum absolute atomic E-state index is 13.8. The lowest BCUT2D eigenvalue weighted by Gasteiger charge is -2.29. The highest BCUT2D eigenvalue weighted by atomic mass is 35.5. The summed E-state index contributed by atoms with van der Waals surface area (Å²) in [5, 5.41) is 6.34. The highest BCUT2D eigenvalue weighted by Gasteiger charge is 2.27. The highest BCUT2D eigenvalue weighted by molar-refractivity contribution is 7.99. The van der Waals surface area contributed by atoms with Crippen LogP contribution in [0.25, 0.3) is 0 Å². The molecule has 1 fully saturated rings. The van der Waals surface area contributed by atoms with Gasteiger partial charge in [-0.3, -0.25) is 4.79 Å². The van der Waals surface area contributed by atoms with Gasteiger partial charge in [0.25, 0.3) is 0 Å². The standard InChI is InChI=1S/C15H19FN2OS.ClH/c16-11-5-3-4-10-12(7-9-20-14(10)11)18-15(19)13-6-1-2-8-17-13;/h3-5,12-13,17H,1-2,6-9H2,(H,18,19);1H. The third-order valence-corrected chi connectivity index (χ3v) is 5.13. The van der Waals surface area contributed by atoms with Gasteiger partial charge in [-0.1, -0.05) is 18.6 Å². The fourth-order valence-corrected chi connectivity index (χ4v) is 4.02. The van der Waals surface area contributed by atoms with Crippen LogP contribution in [0.4, 0.5) is 4.39 Å². The Balaban J connectivity index is 0.00000161. The smallest absolute Gasteiger partial charge is 0.237 e. The quantitative estimate of drug-likeness (QED) is 0.875. The second-order valence-electron chi connectivity index (χ2n) is 5.36. The predicted octanol–water partition coefficient (Wildman–Crippen LogP) is 3.04. The molecule has 1 aromatic carbocycles. The first kappa shape index (κ1) is 16.6. The topological polar surface area (TPSA) is 41.1 Å². The molecule has 0 radical (unpaired) electrons. The summed E-state index contributed by atoms with van der Waals surface area (Å²) in [5.41, 5.74) is 0.922. The molecule has 0 spiro atoms. The normalized spacial score (nSPS) is 24.6. The average molecular weight is 331 g/mol. The first-order valence-electron chi connectivity index (χ1n) is 7.20. The van der Waals surface area contributed by atoms with Gasteiger partial charge in [-0.05, 0) is 37.4 Å². The summed E-state index contributed by atoms with van der Waals surface area (Å²) in [6.07, 6.45) is 3.98. The summed E-state index contributed by atoms with van der Waals surface area (Å²) in [7, 11) is 0. The lowest BCUT2D eigenvalue weighted by Crippen LogP contribution is -2.47. The molecule has 116 valence electrons. The molecule has 1 amide bonds. The van der Waals surface area contributed by atoms with Gasteiger partial charge >= 0.3 is 0 Å². The molecule has 2 N–H and O–H groups in total. The van der Waals surface area contributed by atoms with Gasteiger partial charge in [0.1, 0.15) is 5.82 Å². The van der Waals surface area contributed by atoms with Gasteiger partial charge in [-0.25, -0.2) is 4.39 Å². The van der Waals surface area contributed by atoms with E-state index in [9.17, 15) is 9.18 Å². The molecule has 2 atom stereocenters. The maximum Gasteiger partial charge on any atom is 0.237 e. The van der Waals surface area contributed by atoms with Crippen LogP contribution in [0.1, 0.15) is 37.3 Å². The van der Waals surface area contributed by atoms with Gasteiger partial charge < -0.3 is 10.6 Å². The van der Waals surface area contributed by atoms with Crippen molar-refractivity contribution in [2.45, 2.75) is 42.7 Å². The van der Waals surface area contributed by atoms with Crippen molar-refractivity contribution >= 4 is 30.1 Å². The molecule has 1 aromatic rings. The molecule has 0 saturated carbocycles. The van der Waals surface area contributed by atoms with Gasteiger partial charge in [-0.2, -0.15) is 0 Å². The first-order chi connectivity index (χ1) is 9.75. The number of piperidine rings is 1. The zero-order chi connectivity index (χ0) is 13.9. The number of rotatable bonds is 2. The van der Waals surface area contributed by atoms with Crippen molar-refractivity contribution < 1.29 is 9.18 Å². The Morgan fingerprint density at radius 1 is 1.33 bits per heavy atom. The van der Waals surface area contributed by atoms with Crippen molar-refractivity contribution in [2.75, 3.05) is 12.3 Å². The van der Waals surface area contributed by atoms with Gasteiger partial charge in [0, 0.05) is 10.6 Å². The number of amides is 1. The third kappa shape index (κ3) is 3.71. The highest BCUT2D eigenvalue weighted by Crippen LogP contribution is 2.37. The molecule has 0 aromatic heterocycles. The number of benzene rings is 1. The average Bonchev–Trinajstić information content (AvgIpc) is 2.49. The lowest BCUT2D eigenvalue weighted by atomic mass is 10.0. The summed E-state index contributed by atoms with van der Waals surface area (Å²) in [6, 6.07) is 4.98. The molecule has 1 saturated heterocycles. The van der Waals surface area contributed by atoms with Crippen LogP contribution in [0, 0.1) is 5.82 Å². The first-order valence-corrected chi connectivity index (χ1v) is 8.19. The van der Waals surface area contributed by atoms with E-state index >= 15 is 0 Å². The van der Waals surface area contributed by atoms with Crippen molar-refractivity contribution in [3.8, 4) is 0 Å². The minimum Gasteiger partial charge on any atom is -0.348 e. The molecule has 0 bridgehead atoms. The van der Waals surface area contributed by atoms with Crippen LogP contribution in [-0.4, -0.2) is 24.2 Å². The number of fused-ring (bicyclic) bond motifs is 1. The van der Waals surface area contributed by atoms with E-state index < -0.39 is 0 Å². The van der Waals surface area contributed by atoms with Crippen molar-refractivity contribution in [2.24, 2.45) is 0 Å². The van der Waals surface area contributed by atoms with Crippen LogP contribution < -0.4 is 10.6 Å². The Labute approximate surface area is 134 Å². The third-order valence-electron chi connectivity index (χ3n) is 3.97. The zero-order valence-electron chi connectivity index (χ0n) is 11.7. The number of halogens is 2. The van der Waals surface area contributed by atoms with Gasteiger partial charge in [-0.15, -0.1) is 24.2 Å². The summed E-state index contributed by atoms with van der Waals surface area (Å²) in [5.74, 6) is 0.718. The second-order valence-corrected chi connectivity index (χ2v) is 6.46. The van der Waals surface area contributed by atoms with Crippen molar-refractivity contribution in [3.05, 3.63) is 29.6 Å². The molecule has 2 unspecified atom stereocenters. The molecule has 2 heterocycles. The molecule has 3 nitrogen and oxygen atoms in total. The van der Waals surface area contributed by atoms with E-state index in [2.05, 4.69) is 10.6 Å². The summed E-state index contributed by atoms with van der Waals surface area (Å²) < 4.78 is 13.8. The van der Waals surface area contributed by atoms with E-state index in [0.29, 0.717) is 4.90 Å². The molecule has 3 rings (SSSR count). The SMILES string of the molecule is Cl.O=C(NC1CCSc2c(F)cccc21)C1CCCCN1. The monoisotopic (exact) mass is 330 g/mol. The van der Waals surface area contributed by atoms with E-state index in [0.717, 1.165) is 43.5 Å². The minimum absolute atomic E-state index is 0. The second kappa shape index (κ2) is 7.47. The molecule has 6 heteroatoms. The number of carbonyl (C=O) groups excluding carboxylic acids is 1. The van der Waals surface area contributed by atoms with E-state index in [4.69, 9.17) is 0 Å². The Hall–Kier alpha value is -0.780. The van der Waals surface area contributed by atoms with Crippen LogP contribution in [0.15, 0.2) is 23.1 Å². The Bertz CT molecular complexity index is 508. The Morgan fingerprint density at radius 2 is 2.19 bits per heavy atom. The summed E-state index contributed by atoms with van der Waals surface area (Å²) in [4.78, 5) is 13.0. The fraction of sp³-hybridized carbons (Fsp3) is 0.533. The van der Waals surface area contributed by atoms with E-state index in [-0.39, 0.29) is 36.2 Å². The van der Waals surface area contributed by atoms with Crippen LogP contribution in [0.3, 0.4) is 0 Å². The predicted molar refractivity (Wildman–Crippen MR) is 85.5 cm³/mol. The number of hydrogen-bond acceptors (Lipinski definition) is 3. The van der Waals surface area contributed by atoms with Crippen LogP contribution in [0.2, 0.25) is 0 Å². The number of nitrogens with one attached hydrogen (secondary N) is 2.